The molecule has 0 bridgehead atoms. The molecule has 2 aromatic carbocycles. The number of aryl methyl sites for hydroxylation is 1. The first-order valence-electron chi connectivity index (χ1n) is 10.1. The van der Waals surface area contributed by atoms with Crippen LogP contribution in [0, 0.1) is 6.92 Å². The van der Waals surface area contributed by atoms with E-state index in [1.54, 1.807) is 51.3 Å². The van der Waals surface area contributed by atoms with E-state index in [9.17, 15) is 9.59 Å². The zero-order valence-corrected chi connectivity index (χ0v) is 20.0. The van der Waals surface area contributed by atoms with Crippen molar-refractivity contribution in [2.45, 2.75) is 20.5 Å². The lowest BCUT2D eigenvalue weighted by molar-refractivity contribution is -0.111. The molecule has 0 unspecified atom stereocenters. The van der Waals surface area contributed by atoms with Crippen LogP contribution < -0.4 is 14.8 Å². The first-order valence-corrected chi connectivity index (χ1v) is 11.3. The molecular weight excluding hydrogens is 464 g/mol. The van der Waals surface area contributed by atoms with Gasteiger partial charge in [-0.2, -0.15) is 0 Å². The number of halogens is 1. The highest BCUT2D eigenvalue weighted by molar-refractivity contribution is 7.17. The fraction of sp³-hybridized carbons (Fsp3) is 0.208. The van der Waals surface area contributed by atoms with Crippen LogP contribution in [-0.4, -0.2) is 30.6 Å². The maximum absolute atomic E-state index is 12.3. The Morgan fingerprint density at radius 1 is 1.15 bits per heavy atom. The highest BCUT2D eigenvalue weighted by Crippen LogP contribution is 2.29. The lowest BCUT2D eigenvalue weighted by Gasteiger charge is -2.11. The summed E-state index contributed by atoms with van der Waals surface area (Å²) in [6.45, 7) is 4.06. The number of carbonyl (C=O) groups excluding carboxylic acids is 2. The summed E-state index contributed by atoms with van der Waals surface area (Å²) in [6, 6.07) is 12.8. The molecule has 1 N–H and O–H groups in total. The van der Waals surface area contributed by atoms with Gasteiger partial charge in [-0.25, -0.2) is 9.78 Å². The van der Waals surface area contributed by atoms with Crippen LogP contribution in [0.3, 0.4) is 0 Å². The molecule has 0 saturated heterocycles. The minimum absolute atomic E-state index is 0.273. The number of ether oxygens (including phenoxy) is 3. The van der Waals surface area contributed by atoms with E-state index in [4.69, 9.17) is 25.8 Å². The van der Waals surface area contributed by atoms with Crippen molar-refractivity contribution in [1.29, 1.82) is 0 Å². The van der Waals surface area contributed by atoms with Crippen LogP contribution in [-0.2, 0) is 16.1 Å². The van der Waals surface area contributed by atoms with Crippen molar-refractivity contribution in [2.24, 2.45) is 0 Å². The van der Waals surface area contributed by atoms with Crippen molar-refractivity contribution < 1.29 is 23.8 Å². The van der Waals surface area contributed by atoms with Crippen LogP contribution in [0.2, 0.25) is 5.02 Å². The highest BCUT2D eigenvalue weighted by Gasteiger charge is 2.17. The number of anilines is 1. The Labute approximate surface area is 201 Å². The number of hydrogen-bond donors (Lipinski definition) is 1. The summed E-state index contributed by atoms with van der Waals surface area (Å²) in [5.41, 5.74) is 2.24. The molecule has 1 heterocycles. The van der Waals surface area contributed by atoms with Gasteiger partial charge in [0.2, 0.25) is 5.91 Å². The summed E-state index contributed by atoms with van der Waals surface area (Å²) in [7, 11) is 1.55. The van der Waals surface area contributed by atoms with E-state index in [-0.39, 0.29) is 12.5 Å². The molecule has 9 heteroatoms. The standard InChI is InChI=1S/C24H23ClN2O5S/c1-4-31-23(29)22-15(2)26-24(33-22)27-21(28)12-8-16-7-11-19(20(13-16)30-3)32-14-17-5-9-18(25)10-6-17/h5-13H,4,14H2,1-3H3,(H,26,27,28)/b12-8+. The Bertz CT molecular complexity index is 1160. The molecule has 33 heavy (non-hydrogen) atoms. The Morgan fingerprint density at radius 3 is 2.61 bits per heavy atom. The summed E-state index contributed by atoms with van der Waals surface area (Å²) >= 11 is 6.98. The van der Waals surface area contributed by atoms with Gasteiger partial charge in [-0.1, -0.05) is 41.1 Å². The van der Waals surface area contributed by atoms with Gasteiger partial charge in [0.1, 0.15) is 11.5 Å². The largest absolute Gasteiger partial charge is 0.493 e. The number of hydrogen-bond acceptors (Lipinski definition) is 7. The number of methoxy groups -OCH3 is 1. The second-order valence-electron chi connectivity index (χ2n) is 6.80. The maximum Gasteiger partial charge on any atom is 0.350 e. The summed E-state index contributed by atoms with van der Waals surface area (Å²) in [5.74, 6) is 0.301. The fourth-order valence-electron chi connectivity index (χ4n) is 2.80. The van der Waals surface area contributed by atoms with E-state index < -0.39 is 5.97 Å². The quantitative estimate of drug-likeness (QED) is 0.316. The number of amides is 1. The Balaban J connectivity index is 1.62. The molecule has 0 aliphatic carbocycles. The molecule has 3 aromatic rings. The molecule has 0 aliphatic heterocycles. The number of nitrogens with one attached hydrogen (secondary N) is 1. The molecule has 0 aliphatic rings. The normalized spacial score (nSPS) is 10.8. The van der Waals surface area contributed by atoms with E-state index in [0.717, 1.165) is 22.5 Å². The number of thiazole rings is 1. The minimum atomic E-state index is -0.450. The second kappa shape index (κ2) is 11.5. The average molecular weight is 487 g/mol. The lowest BCUT2D eigenvalue weighted by Crippen LogP contribution is -2.07. The smallest absolute Gasteiger partial charge is 0.350 e. The fourth-order valence-corrected chi connectivity index (χ4v) is 3.79. The van der Waals surface area contributed by atoms with Gasteiger partial charge < -0.3 is 14.2 Å². The van der Waals surface area contributed by atoms with E-state index in [0.29, 0.717) is 38.8 Å². The van der Waals surface area contributed by atoms with Crippen LogP contribution in [0.15, 0.2) is 48.5 Å². The Morgan fingerprint density at radius 2 is 1.91 bits per heavy atom. The number of aromatic nitrogens is 1. The predicted molar refractivity (Wildman–Crippen MR) is 129 cm³/mol. The number of esters is 1. The van der Waals surface area contributed by atoms with E-state index in [1.165, 1.54) is 6.08 Å². The molecule has 0 radical (unpaired) electrons. The molecule has 172 valence electrons. The number of nitrogens with zero attached hydrogens (tertiary/aromatic N) is 1. The molecule has 0 fully saturated rings. The van der Waals surface area contributed by atoms with Crippen molar-refractivity contribution in [1.82, 2.24) is 4.98 Å². The third kappa shape index (κ3) is 6.81. The van der Waals surface area contributed by atoms with Gasteiger partial charge in [-0.15, -0.1) is 0 Å². The predicted octanol–water partition coefficient (Wildman–Crippen LogP) is 5.52. The van der Waals surface area contributed by atoms with E-state index in [2.05, 4.69) is 10.3 Å². The third-order valence-electron chi connectivity index (χ3n) is 4.41. The molecular formula is C24H23ClN2O5S. The van der Waals surface area contributed by atoms with E-state index in [1.807, 2.05) is 18.2 Å². The van der Waals surface area contributed by atoms with Gasteiger partial charge in [0.05, 0.1) is 19.4 Å². The van der Waals surface area contributed by atoms with Crippen LogP contribution in [0.1, 0.15) is 33.4 Å². The Hall–Kier alpha value is -3.36. The summed E-state index contributed by atoms with van der Waals surface area (Å²) in [5, 5.41) is 3.66. The van der Waals surface area contributed by atoms with E-state index >= 15 is 0 Å². The summed E-state index contributed by atoms with van der Waals surface area (Å²) in [6.07, 6.45) is 3.03. The van der Waals surface area contributed by atoms with Gasteiger partial charge in [-0.05, 0) is 55.3 Å². The molecule has 7 nitrogen and oxygen atoms in total. The molecule has 0 atom stereocenters. The number of rotatable bonds is 9. The summed E-state index contributed by atoms with van der Waals surface area (Å²) in [4.78, 5) is 28.8. The van der Waals surface area contributed by atoms with Crippen LogP contribution in [0.25, 0.3) is 6.08 Å². The highest BCUT2D eigenvalue weighted by atomic mass is 35.5. The second-order valence-corrected chi connectivity index (χ2v) is 8.24. The van der Waals surface area contributed by atoms with Gasteiger partial charge in [0.15, 0.2) is 16.6 Å². The summed E-state index contributed by atoms with van der Waals surface area (Å²) < 4.78 is 16.3. The first kappa shape index (κ1) is 24.3. The van der Waals surface area contributed by atoms with Crippen LogP contribution in [0.5, 0.6) is 11.5 Å². The zero-order valence-electron chi connectivity index (χ0n) is 18.4. The van der Waals surface area contributed by atoms with Crippen molar-refractivity contribution in [3.8, 4) is 11.5 Å². The molecule has 0 spiro atoms. The minimum Gasteiger partial charge on any atom is -0.493 e. The van der Waals surface area contributed by atoms with Gasteiger partial charge in [-0.3, -0.25) is 10.1 Å². The zero-order chi connectivity index (χ0) is 23.8. The van der Waals surface area contributed by atoms with Crippen molar-refractivity contribution in [3.05, 3.63) is 75.3 Å². The van der Waals surface area contributed by atoms with Gasteiger partial charge >= 0.3 is 5.97 Å². The molecule has 1 aromatic heterocycles. The lowest BCUT2D eigenvalue weighted by atomic mass is 10.2. The molecule has 3 rings (SSSR count). The van der Waals surface area contributed by atoms with Gasteiger partial charge in [0, 0.05) is 11.1 Å². The van der Waals surface area contributed by atoms with Crippen LogP contribution >= 0.6 is 22.9 Å². The first-order chi connectivity index (χ1) is 15.9. The average Bonchev–Trinajstić information content (AvgIpc) is 3.17. The van der Waals surface area contributed by atoms with Crippen LogP contribution in [0.4, 0.5) is 5.13 Å². The topological polar surface area (TPSA) is 86.8 Å². The van der Waals surface area contributed by atoms with Crippen molar-refractivity contribution >= 4 is 46.0 Å². The third-order valence-corrected chi connectivity index (χ3v) is 5.71. The van der Waals surface area contributed by atoms with Crippen molar-refractivity contribution in [2.75, 3.05) is 19.0 Å². The Kier molecular flexibility index (Phi) is 8.46. The maximum atomic E-state index is 12.3. The van der Waals surface area contributed by atoms with Gasteiger partial charge in [0.25, 0.3) is 0 Å². The molecule has 0 saturated carbocycles. The number of benzene rings is 2. The number of carbonyl (C=O) groups is 2. The van der Waals surface area contributed by atoms with Crippen molar-refractivity contribution in [3.63, 3.8) is 0 Å². The molecule has 1 amide bonds. The SMILES string of the molecule is CCOC(=O)c1sc(NC(=O)/C=C/c2ccc(OCc3ccc(Cl)cc3)c(OC)c2)nc1C. The monoisotopic (exact) mass is 486 g/mol.